The molecule has 0 atom stereocenters. The number of hydrogen-bond acceptors (Lipinski definition) is 1. The molecule has 0 N–H and O–H groups in total. The maximum atomic E-state index is 4.65. The highest BCUT2D eigenvalue weighted by atomic mass is 79.9. The normalized spacial score (nSPS) is 11.6. The van der Waals surface area contributed by atoms with Gasteiger partial charge in [0.05, 0.1) is 5.69 Å². The van der Waals surface area contributed by atoms with Crippen LogP contribution in [0.5, 0.6) is 0 Å². The molecule has 1 nitrogen and oxygen atoms in total. The third-order valence-electron chi connectivity index (χ3n) is 2.91. The van der Waals surface area contributed by atoms with Crippen molar-refractivity contribution in [2.45, 2.75) is 20.3 Å². The molecule has 2 rings (SSSR count). The zero-order valence-electron chi connectivity index (χ0n) is 10.7. The van der Waals surface area contributed by atoms with Crippen molar-refractivity contribution in [3.8, 4) is 0 Å². The lowest BCUT2D eigenvalue weighted by Gasteiger charge is -2.04. The Hall–Kier alpha value is -1.41. The third-order valence-corrected chi connectivity index (χ3v) is 3.60. The van der Waals surface area contributed by atoms with Crippen molar-refractivity contribution in [1.82, 2.24) is 0 Å². The van der Waals surface area contributed by atoms with E-state index in [0.717, 1.165) is 27.9 Å². The summed E-state index contributed by atoms with van der Waals surface area (Å²) in [4.78, 5) is 4.65. The molecule has 0 fully saturated rings. The first-order valence-electron chi connectivity index (χ1n) is 6.10. The van der Waals surface area contributed by atoms with Gasteiger partial charge in [0.15, 0.2) is 0 Å². The molecule has 2 aromatic carbocycles. The average Bonchev–Trinajstić information content (AvgIpc) is 2.40. The first-order chi connectivity index (χ1) is 8.70. The number of halogens is 1. The van der Waals surface area contributed by atoms with Crippen molar-refractivity contribution in [2.24, 2.45) is 4.99 Å². The molecule has 18 heavy (non-hydrogen) atoms. The van der Waals surface area contributed by atoms with Crippen LogP contribution in [0.25, 0.3) is 0 Å². The number of nitrogens with zero attached hydrogens (tertiary/aromatic N) is 1. The van der Waals surface area contributed by atoms with E-state index in [9.17, 15) is 0 Å². The van der Waals surface area contributed by atoms with E-state index in [0.29, 0.717) is 0 Å². The fourth-order valence-electron chi connectivity index (χ4n) is 1.81. The van der Waals surface area contributed by atoms with Crippen LogP contribution in [-0.4, -0.2) is 5.71 Å². The first kappa shape index (κ1) is 13.0. The van der Waals surface area contributed by atoms with Gasteiger partial charge in [0.2, 0.25) is 0 Å². The van der Waals surface area contributed by atoms with Gasteiger partial charge in [0.25, 0.3) is 0 Å². The predicted molar refractivity (Wildman–Crippen MR) is 81.8 cm³/mol. The fraction of sp³-hybridized carbons (Fsp3) is 0.188. The molecule has 0 aromatic heterocycles. The van der Waals surface area contributed by atoms with E-state index in [-0.39, 0.29) is 0 Å². The van der Waals surface area contributed by atoms with E-state index in [1.807, 2.05) is 25.1 Å². The minimum absolute atomic E-state index is 1.00. The van der Waals surface area contributed by atoms with Crippen molar-refractivity contribution in [3.63, 3.8) is 0 Å². The van der Waals surface area contributed by atoms with Crippen LogP contribution >= 0.6 is 15.9 Å². The number of hydrogen-bond donors (Lipinski definition) is 0. The van der Waals surface area contributed by atoms with Gasteiger partial charge >= 0.3 is 0 Å². The molecule has 0 aliphatic carbocycles. The van der Waals surface area contributed by atoms with E-state index in [1.54, 1.807) is 0 Å². The molecule has 0 radical (unpaired) electrons. The lowest BCUT2D eigenvalue weighted by atomic mass is 10.1. The van der Waals surface area contributed by atoms with Crippen LogP contribution in [0, 0.1) is 0 Å². The Kier molecular flexibility index (Phi) is 4.32. The van der Waals surface area contributed by atoms with Gasteiger partial charge in [-0.1, -0.05) is 53.2 Å². The van der Waals surface area contributed by atoms with Crippen molar-refractivity contribution < 1.29 is 0 Å². The minimum Gasteiger partial charge on any atom is -0.253 e. The summed E-state index contributed by atoms with van der Waals surface area (Å²) < 4.78 is 1.08. The van der Waals surface area contributed by atoms with Gasteiger partial charge in [-0.3, -0.25) is 4.99 Å². The molecular weight excluding hydrogens is 286 g/mol. The summed E-state index contributed by atoms with van der Waals surface area (Å²) in [5, 5.41) is 0. The van der Waals surface area contributed by atoms with E-state index in [1.165, 1.54) is 5.56 Å². The van der Waals surface area contributed by atoms with Gasteiger partial charge in [-0.2, -0.15) is 0 Å². The Labute approximate surface area is 117 Å². The molecule has 92 valence electrons. The second-order valence-corrected chi connectivity index (χ2v) is 5.05. The zero-order valence-corrected chi connectivity index (χ0v) is 12.2. The standard InChI is InChI=1S/C16H16BrN/c1-3-13-8-10-14(11-9-13)18-12(2)15-6-4-5-7-16(15)17/h4-11H,3H2,1-2H3. The lowest BCUT2D eigenvalue weighted by Crippen LogP contribution is -1.94. The SMILES string of the molecule is CCc1ccc(N=C(C)c2ccccc2Br)cc1. The van der Waals surface area contributed by atoms with Crippen molar-refractivity contribution in [3.05, 3.63) is 64.1 Å². The highest BCUT2D eigenvalue weighted by molar-refractivity contribution is 9.10. The topological polar surface area (TPSA) is 12.4 Å². The summed E-state index contributed by atoms with van der Waals surface area (Å²) in [6.07, 6.45) is 1.06. The molecule has 0 bridgehead atoms. The second-order valence-electron chi connectivity index (χ2n) is 4.20. The number of rotatable bonds is 3. The Bertz CT molecular complexity index is 556. The quantitative estimate of drug-likeness (QED) is 0.695. The van der Waals surface area contributed by atoms with E-state index in [2.05, 4.69) is 58.2 Å². The smallest absolute Gasteiger partial charge is 0.0633 e. The van der Waals surface area contributed by atoms with Crippen LogP contribution in [0.1, 0.15) is 25.0 Å². The van der Waals surface area contributed by atoms with E-state index >= 15 is 0 Å². The van der Waals surface area contributed by atoms with Crippen LogP contribution in [0.15, 0.2) is 58.0 Å². The van der Waals surface area contributed by atoms with Crippen molar-refractivity contribution >= 4 is 27.3 Å². The van der Waals surface area contributed by atoms with Crippen LogP contribution in [-0.2, 0) is 6.42 Å². The summed E-state index contributed by atoms with van der Waals surface area (Å²) in [5.41, 5.74) is 4.50. The van der Waals surface area contributed by atoms with Gasteiger partial charge < -0.3 is 0 Å². The number of aliphatic imine (C=N–C) groups is 1. The molecule has 0 spiro atoms. The lowest BCUT2D eigenvalue weighted by molar-refractivity contribution is 1.14. The minimum atomic E-state index is 1.00. The molecule has 0 aliphatic heterocycles. The average molecular weight is 302 g/mol. The van der Waals surface area contributed by atoms with Gasteiger partial charge in [0.1, 0.15) is 0 Å². The van der Waals surface area contributed by atoms with Crippen molar-refractivity contribution in [1.29, 1.82) is 0 Å². The molecule has 0 aliphatic rings. The van der Waals surface area contributed by atoms with E-state index < -0.39 is 0 Å². The van der Waals surface area contributed by atoms with Crippen LogP contribution in [0.3, 0.4) is 0 Å². The van der Waals surface area contributed by atoms with Crippen LogP contribution < -0.4 is 0 Å². The Morgan fingerprint density at radius 3 is 2.33 bits per heavy atom. The monoisotopic (exact) mass is 301 g/mol. The Morgan fingerprint density at radius 2 is 1.72 bits per heavy atom. The molecule has 0 saturated carbocycles. The van der Waals surface area contributed by atoms with Gasteiger partial charge in [0, 0.05) is 15.7 Å². The predicted octanol–water partition coefficient (Wildman–Crippen LogP) is 5.15. The Morgan fingerprint density at radius 1 is 1.06 bits per heavy atom. The van der Waals surface area contributed by atoms with Crippen LogP contribution in [0.2, 0.25) is 0 Å². The molecule has 2 heteroatoms. The molecule has 0 amide bonds. The van der Waals surface area contributed by atoms with Gasteiger partial charge in [-0.15, -0.1) is 0 Å². The summed E-state index contributed by atoms with van der Waals surface area (Å²) >= 11 is 3.55. The number of benzene rings is 2. The van der Waals surface area contributed by atoms with Crippen LogP contribution in [0.4, 0.5) is 5.69 Å². The molecule has 0 saturated heterocycles. The molecular formula is C16H16BrN. The van der Waals surface area contributed by atoms with Gasteiger partial charge in [-0.05, 0) is 37.1 Å². The maximum Gasteiger partial charge on any atom is 0.0633 e. The Balaban J connectivity index is 2.29. The summed E-state index contributed by atoms with van der Waals surface area (Å²) in [7, 11) is 0. The summed E-state index contributed by atoms with van der Waals surface area (Å²) in [6, 6.07) is 16.5. The summed E-state index contributed by atoms with van der Waals surface area (Å²) in [5.74, 6) is 0. The first-order valence-corrected chi connectivity index (χ1v) is 6.89. The molecule has 2 aromatic rings. The largest absolute Gasteiger partial charge is 0.253 e. The number of aryl methyl sites for hydroxylation is 1. The highest BCUT2D eigenvalue weighted by Gasteiger charge is 2.02. The van der Waals surface area contributed by atoms with E-state index in [4.69, 9.17) is 0 Å². The summed E-state index contributed by atoms with van der Waals surface area (Å²) in [6.45, 7) is 4.19. The van der Waals surface area contributed by atoms with Gasteiger partial charge in [-0.25, -0.2) is 0 Å². The zero-order chi connectivity index (χ0) is 13.0. The maximum absolute atomic E-state index is 4.65. The fourth-order valence-corrected chi connectivity index (χ4v) is 2.39. The molecule has 0 heterocycles. The van der Waals surface area contributed by atoms with Crippen molar-refractivity contribution in [2.75, 3.05) is 0 Å². The highest BCUT2D eigenvalue weighted by Crippen LogP contribution is 2.20. The third kappa shape index (κ3) is 3.08. The second kappa shape index (κ2) is 5.96. The molecule has 0 unspecified atom stereocenters.